The zero-order valence-corrected chi connectivity index (χ0v) is 11.9. The smallest absolute Gasteiger partial charge is 0.356 e. The molecule has 0 amide bonds. The van der Waals surface area contributed by atoms with Gasteiger partial charge in [-0.3, -0.25) is 0 Å². The third-order valence-electron chi connectivity index (χ3n) is 3.73. The predicted octanol–water partition coefficient (Wildman–Crippen LogP) is 3.48. The van der Waals surface area contributed by atoms with Gasteiger partial charge >= 0.3 is 5.97 Å². The van der Waals surface area contributed by atoms with Crippen LogP contribution in [0.3, 0.4) is 0 Å². The Balaban J connectivity index is 2.18. The van der Waals surface area contributed by atoms with Crippen LogP contribution in [0.2, 0.25) is 5.02 Å². The lowest BCUT2D eigenvalue weighted by Crippen LogP contribution is -2.19. The number of hydrogen-bond acceptors (Lipinski definition) is 2. The minimum atomic E-state index is -0.961. The van der Waals surface area contributed by atoms with Gasteiger partial charge in [0.2, 0.25) is 0 Å². The Morgan fingerprint density at radius 3 is 3.00 bits per heavy atom. The van der Waals surface area contributed by atoms with Crippen molar-refractivity contribution in [2.24, 2.45) is 5.92 Å². The summed E-state index contributed by atoms with van der Waals surface area (Å²) in [5.41, 5.74) is 1.86. The fourth-order valence-corrected chi connectivity index (χ4v) is 2.93. The molecule has 0 fully saturated rings. The van der Waals surface area contributed by atoms with Crippen LogP contribution < -0.4 is 0 Å². The maximum Gasteiger partial charge on any atom is 0.356 e. The molecule has 0 radical (unpaired) electrons. The summed E-state index contributed by atoms with van der Waals surface area (Å²) in [6.07, 6.45) is 1.76. The maximum atomic E-state index is 11.4. The molecule has 2 heterocycles. The van der Waals surface area contributed by atoms with Crippen molar-refractivity contribution in [1.82, 2.24) is 9.55 Å². The largest absolute Gasteiger partial charge is 0.476 e. The van der Waals surface area contributed by atoms with Gasteiger partial charge in [0.05, 0.1) is 5.69 Å². The SMILES string of the molecule is CC1CCc2c(C(=O)O)nc(-c3cccc(Cl)c3)n2C1. The number of aromatic nitrogens is 2. The van der Waals surface area contributed by atoms with Gasteiger partial charge in [-0.2, -0.15) is 0 Å². The van der Waals surface area contributed by atoms with E-state index >= 15 is 0 Å². The Bertz CT molecular complexity index is 679. The number of carbonyl (C=O) groups is 1. The van der Waals surface area contributed by atoms with E-state index in [1.807, 2.05) is 22.8 Å². The average Bonchev–Trinajstić information content (AvgIpc) is 2.77. The summed E-state index contributed by atoms with van der Waals surface area (Å²) in [6, 6.07) is 7.38. The van der Waals surface area contributed by atoms with Gasteiger partial charge in [-0.05, 0) is 30.9 Å². The molecule has 1 aliphatic rings. The summed E-state index contributed by atoms with van der Waals surface area (Å²) in [7, 11) is 0. The Hall–Kier alpha value is -1.81. The zero-order valence-electron chi connectivity index (χ0n) is 11.1. The van der Waals surface area contributed by atoms with Gasteiger partial charge < -0.3 is 9.67 Å². The van der Waals surface area contributed by atoms with Crippen LogP contribution in [-0.2, 0) is 13.0 Å². The number of rotatable bonds is 2. The maximum absolute atomic E-state index is 11.4. The summed E-state index contributed by atoms with van der Waals surface area (Å²) in [6.45, 7) is 2.97. The number of imidazole rings is 1. The molecule has 0 spiro atoms. The lowest BCUT2D eigenvalue weighted by Gasteiger charge is -2.22. The molecule has 5 heteroatoms. The lowest BCUT2D eigenvalue weighted by molar-refractivity contribution is 0.0689. The van der Waals surface area contributed by atoms with E-state index in [0.29, 0.717) is 16.8 Å². The standard InChI is InChI=1S/C15H15ClN2O2/c1-9-5-6-12-13(15(19)20)17-14(18(12)8-9)10-3-2-4-11(16)7-10/h2-4,7,9H,5-6,8H2,1H3,(H,19,20). The van der Waals surface area contributed by atoms with E-state index in [1.165, 1.54) is 0 Å². The molecule has 1 aromatic carbocycles. The van der Waals surface area contributed by atoms with E-state index in [1.54, 1.807) is 6.07 Å². The summed E-state index contributed by atoms with van der Waals surface area (Å²) in [5.74, 6) is 0.263. The van der Waals surface area contributed by atoms with Gasteiger partial charge in [0.25, 0.3) is 0 Å². The fraction of sp³-hybridized carbons (Fsp3) is 0.333. The second-order valence-corrected chi connectivity index (χ2v) is 5.74. The third-order valence-corrected chi connectivity index (χ3v) is 3.96. The third kappa shape index (κ3) is 2.20. The van der Waals surface area contributed by atoms with Crippen LogP contribution in [0.5, 0.6) is 0 Å². The van der Waals surface area contributed by atoms with Crippen molar-refractivity contribution in [1.29, 1.82) is 0 Å². The molecule has 0 aliphatic carbocycles. The molecule has 0 saturated heterocycles. The highest BCUT2D eigenvalue weighted by molar-refractivity contribution is 6.30. The second-order valence-electron chi connectivity index (χ2n) is 5.30. The van der Waals surface area contributed by atoms with E-state index in [9.17, 15) is 9.90 Å². The number of nitrogens with zero attached hydrogens (tertiary/aromatic N) is 2. The molecule has 0 bridgehead atoms. The number of aromatic carboxylic acids is 1. The highest BCUT2D eigenvalue weighted by Crippen LogP contribution is 2.30. The van der Waals surface area contributed by atoms with Crippen molar-refractivity contribution >= 4 is 17.6 Å². The normalized spacial score (nSPS) is 17.8. The first-order valence-electron chi connectivity index (χ1n) is 6.65. The van der Waals surface area contributed by atoms with Crippen molar-refractivity contribution in [3.8, 4) is 11.4 Å². The number of carboxylic acids is 1. The molecule has 2 aromatic rings. The van der Waals surface area contributed by atoms with E-state index in [4.69, 9.17) is 11.6 Å². The van der Waals surface area contributed by atoms with Crippen molar-refractivity contribution in [3.05, 3.63) is 40.7 Å². The van der Waals surface area contributed by atoms with E-state index in [0.717, 1.165) is 30.6 Å². The predicted molar refractivity (Wildman–Crippen MR) is 77.1 cm³/mol. The Morgan fingerprint density at radius 2 is 2.30 bits per heavy atom. The number of hydrogen-bond donors (Lipinski definition) is 1. The molecule has 1 aromatic heterocycles. The number of carboxylic acid groups (broad SMARTS) is 1. The Morgan fingerprint density at radius 1 is 1.50 bits per heavy atom. The quantitative estimate of drug-likeness (QED) is 0.921. The van der Waals surface area contributed by atoms with E-state index < -0.39 is 5.97 Å². The fourth-order valence-electron chi connectivity index (χ4n) is 2.74. The van der Waals surface area contributed by atoms with Crippen LogP contribution in [0.25, 0.3) is 11.4 Å². The van der Waals surface area contributed by atoms with Crippen LogP contribution in [0, 0.1) is 5.92 Å². The van der Waals surface area contributed by atoms with Gasteiger partial charge in [0.1, 0.15) is 5.82 Å². The molecule has 1 atom stereocenters. The van der Waals surface area contributed by atoms with Gasteiger partial charge in [-0.25, -0.2) is 9.78 Å². The summed E-state index contributed by atoms with van der Waals surface area (Å²) < 4.78 is 2.03. The van der Waals surface area contributed by atoms with Crippen LogP contribution >= 0.6 is 11.6 Å². The van der Waals surface area contributed by atoms with Gasteiger partial charge in [-0.1, -0.05) is 30.7 Å². The molecular formula is C15H15ClN2O2. The Labute approximate surface area is 122 Å². The monoisotopic (exact) mass is 290 g/mol. The van der Waals surface area contributed by atoms with Gasteiger partial charge in [-0.15, -0.1) is 0 Å². The minimum absolute atomic E-state index is 0.173. The molecule has 1 unspecified atom stereocenters. The average molecular weight is 291 g/mol. The molecule has 20 heavy (non-hydrogen) atoms. The summed E-state index contributed by atoms with van der Waals surface area (Å²) in [5, 5.41) is 9.95. The van der Waals surface area contributed by atoms with Crippen LogP contribution in [-0.4, -0.2) is 20.6 Å². The molecule has 0 saturated carbocycles. The van der Waals surface area contributed by atoms with Crippen molar-refractivity contribution < 1.29 is 9.90 Å². The highest BCUT2D eigenvalue weighted by Gasteiger charge is 2.26. The number of fused-ring (bicyclic) bond motifs is 1. The van der Waals surface area contributed by atoms with Crippen LogP contribution in [0.15, 0.2) is 24.3 Å². The lowest BCUT2D eigenvalue weighted by atomic mass is 9.99. The first-order chi connectivity index (χ1) is 9.56. The van der Waals surface area contributed by atoms with Crippen molar-refractivity contribution in [2.45, 2.75) is 26.3 Å². The number of benzene rings is 1. The topological polar surface area (TPSA) is 55.1 Å². The van der Waals surface area contributed by atoms with E-state index in [-0.39, 0.29) is 5.69 Å². The van der Waals surface area contributed by atoms with E-state index in [2.05, 4.69) is 11.9 Å². The molecular weight excluding hydrogens is 276 g/mol. The second kappa shape index (κ2) is 4.94. The molecule has 3 rings (SSSR count). The van der Waals surface area contributed by atoms with Gasteiger partial charge in [0, 0.05) is 17.1 Å². The molecule has 1 N–H and O–H groups in total. The van der Waals surface area contributed by atoms with Crippen molar-refractivity contribution in [3.63, 3.8) is 0 Å². The van der Waals surface area contributed by atoms with Gasteiger partial charge in [0.15, 0.2) is 5.69 Å². The van der Waals surface area contributed by atoms with Crippen LogP contribution in [0.1, 0.15) is 29.5 Å². The first kappa shape index (κ1) is 13.2. The highest BCUT2D eigenvalue weighted by atomic mass is 35.5. The van der Waals surface area contributed by atoms with Crippen LogP contribution in [0.4, 0.5) is 0 Å². The van der Waals surface area contributed by atoms with Crippen molar-refractivity contribution in [2.75, 3.05) is 0 Å². The zero-order chi connectivity index (χ0) is 14.3. The minimum Gasteiger partial charge on any atom is -0.476 e. The summed E-state index contributed by atoms with van der Waals surface area (Å²) in [4.78, 5) is 15.7. The summed E-state index contributed by atoms with van der Waals surface area (Å²) >= 11 is 6.02. The number of halogens is 1. The first-order valence-corrected chi connectivity index (χ1v) is 7.02. The molecule has 1 aliphatic heterocycles. The Kier molecular flexibility index (Phi) is 3.26. The molecule has 4 nitrogen and oxygen atoms in total. The molecule has 104 valence electrons.